The van der Waals surface area contributed by atoms with Gasteiger partial charge in [0.15, 0.2) is 0 Å². The van der Waals surface area contributed by atoms with Crippen LogP contribution in [0.3, 0.4) is 0 Å². The molecular formula is C19H20F2N2O. The maximum Gasteiger partial charge on any atom is 0.239 e. The van der Waals surface area contributed by atoms with E-state index in [0.717, 1.165) is 11.1 Å². The van der Waals surface area contributed by atoms with Crippen LogP contribution in [0, 0.1) is 5.82 Å². The smallest absolute Gasteiger partial charge is 0.239 e. The van der Waals surface area contributed by atoms with Crippen LogP contribution >= 0.6 is 0 Å². The third-order valence-corrected chi connectivity index (χ3v) is 4.36. The number of nitrogens with two attached hydrogens (primary N) is 1. The second-order valence-corrected chi connectivity index (χ2v) is 6.15. The number of benzene rings is 2. The standard InChI is InChI=1S/C19H20F2N2O/c20-16-8-9-23(12-16)19(24)18(22)11-15-7-6-14(10-17(15)21)13-4-2-1-3-5-13/h1-7,10,16,18H,8-9,11-12,22H2/t16-,18?/m0/s1. The highest BCUT2D eigenvalue weighted by Crippen LogP contribution is 2.22. The van der Waals surface area contributed by atoms with Gasteiger partial charge in [0, 0.05) is 6.54 Å². The lowest BCUT2D eigenvalue weighted by Crippen LogP contribution is -2.44. The molecule has 1 saturated heterocycles. The number of carbonyl (C=O) groups is 1. The van der Waals surface area contributed by atoms with Crippen LogP contribution in [-0.4, -0.2) is 36.1 Å². The lowest BCUT2D eigenvalue weighted by atomic mass is 10.00. The fourth-order valence-corrected chi connectivity index (χ4v) is 3.00. The van der Waals surface area contributed by atoms with E-state index in [2.05, 4.69) is 0 Å². The zero-order valence-electron chi connectivity index (χ0n) is 13.3. The molecule has 126 valence electrons. The molecule has 1 heterocycles. The zero-order chi connectivity index (χ0) is 17.1. The van der Waals surface area contributed by atoms with Gasteiger partial charge >= 0.3 is 0 Å². The minimum absolute atomic E-state index is 0.0853. The molecule has 0 saturated carbocycles. The molecule has 2 N–H and O–H groups in total. The van der Waals surface area contributed by atoms with Crippen molar-refractivity contribution in [2.75, 3.05) is 13.1 Å². The van der Waals surface area contributed by atoms with Crippen molar-refractivity contribution in [1.29, 1.82) is 0 Å². The van der Waals surface area contributed by atoms with Gasteiger partial charge in [-0.05, 0) is 35.6 Å². The van der Waals surface area contributed by atoms with E-state index < -0.39 is 12.2 Å². The second kappa shape index (κ2) is 7.09. The first-order valence-electron chi connectivity index (χ1n) is 8.07. The molecule has 1 aliphatic heterocycles. The number of nitrogens with zero attached hydrogens (tertiary/aromatic N) is 1. The Morgan fingerprint density at radius 1 is 1.21 bits per heavy atom. The number of amides is 1. The summed E-state index contributed by atoms with van der Waals surface area (Å²) in [7, 11) is 0. The summed E-state index contributed by atoms with van der Waals surface area (Å²) in [6, 6.07) is 13.6. The normalized spacial score (nSPS) is 18.6. The van der Waals surface area contributed by atoms with E-state index in [1.807, 2.05) is 36.4 Å². The van der Waals surface area contributed by atoms with Gasteiger partial charge in [0.25, 0.3) is 0 Å². The average molecular weight is 330 g/mol. The van der Waals surface area contributed by atoms with Crippen molar-refractivity contribution in [3.05, 3.63) is 59.9 Å². The topological polar surface area (TPSA) is 46.3 Å². The minimum atomic E-state index is -0.983. The molecule has 1 amide bonds. The summed E-state index contributed by atoms with van der Waals surface area (Å²) < 4.78 is 27.6. The number of hydrogen-bond donors (Lipinski definition) is 1. The molecule has 3 nitrogen and oxygen atoms in total. The summed E-state index contributed by atoms with van der Waals surface area (Å²) in [5.74, 6) is -0.703. The molecule has 2 aromatic rings. The van der Waals surface area contributed by atoms with Gasteiger partial charge in [0.1, 0.15) is 12.0 Å². The number of rotatable bonds is 4. The highest BCUT2D eigenvalue weighted by Gasteiger charge is 2.29. The fourth-order valence-electron chi connectivity index (χ4n) is 3.00. The summed E-state index contributed by atoms with van der Waals surface area (Å²) in [5, 5.41) is 0. The Labute approximate surface area is 140 Å². The van der Waals surface area contributed by atoms with Gasteiger partial charge in [-0.25, -0.2) is 8.78 Å². The lowest BCUT2D eigenvalue weighted by molar-refractivity contribution is -0.131. The van der Waals surface area contributed by atoms with Crippen LogP contribution in [0.15, 0.2) is 48.5 Å². The van der Waals surface area contributed by atoms with Crippen LogP contribution in [0.4, 0.5) is 8.78 Å². The Hall–Kier alpha value is -2.27. The Bertz CT molecular complexity index is 721. The van der Waals surface area contributed by atoms with Crippen molar-refractivity contribution in [2.24, 2.45) is 5.73 Å². The average Bonchev–Trinajstić information content (AvgIpc) is 3.03. The Morgan fingerprint density at radius 3 is 2.58 bits per heavy atom. The molecule has 2 atom stereocenters. The zero-order valence-corrected chi connectivity index (χ0v) is 13.3. The van der Waals surface area contributed by atoms with E-state index in [1.165, 1.54) is 11.0 Å². The number of alkyl halides is 1. The molecule has 24 heavy (non-hydrogen) atoms. The van der Waals surface area contributed by atoms with Crippen molar-refractivity contribution in [1.82, 2.24) is 4.90 Å². The summed E-state index contributed by atoms with van der Waals surface area (Å²) in [6.07, 6.45) is -0.533. The van der Waals surface area contributed by atoms with Gasteiger partial charge in [0.2, 0.25) is 5.91 Å². The fraction of sp³-hybridized carbons (Fsp3) is 0.316. The second-order valence-electron chi connectivity index (χ2n) is 6.15. The van der Waals surface area contributed by atoms with Crippen molar-refractivity contribution >= 4 is 5.91 Å². The van der Waals surface area contributed by atoms with E-state index in [4.69, 9.17) is 5.73 Å². The van der Waals surface area contributed by atoms with E-state index in [1.54, 1.807) is 6.07 Å². The summed E-state index contributed by atoms with van der Waals surface area (Å²) in [6.45, 7) is 0.463. The van der Waals surface area contributed by atoms with E-state index in [-0.39, 0.29) is 24.7 Å². The highest BCUT2D eigenvalue weighted by atomic mass is 19.1. The molecule has 3 rings (SSSR count). The Morgan fingerprint density at radius 2 is 1.96 bits per heavy atom. The van der Waals surface area contributed by atoms with Gasteiger partial charge in [-0.2, -0.15) is 0 Å². The molecule has 5 heteroatoms. The predicted octanol–water partition coefficient (Wildman–Crippen LogP) is 2.93. The molecule has 0 radical (unpaired) electrons. The van der Waals surface area contributed by atoms with E-state index in [0.29, 0.717) is 18.5 Å². The third kappa shape index (κ3) is 3.62. The summed E-state index contributed by atoms with van der Waals surface area (Å²) >= 11 is 0. The molecule has 1 aliphatic rings. The molecule has 0 bridgehead atoms. The van der Waals surface area contributed by atoms with Gasteiger partial charge in [0.05, 0.1) is 12.6 Å². The number of hydrogen-bond acceptors (Lipinski definition) is 2. The van der Waals surface area contributed by atoms with E-state index in [9.17, 15) is 13.6 Å². The summed E-state index contributed by atoms with van der Waals surface area (Å²) in [5.41, 5.74) is 8.01. The molecule has 1 unspecified atom stereocenters. The molecule has 1 fully saturated rings. The number of carbonyl (C=O) groups excluding carboxylic acids is 1. The van der Waals surface area contributed by atoms with Gasteiger partial charge < -0.3 is 10.6 Å². The summed E-state index contributed by atoms with van der Waals surface area (Å²) in [4.78, 5) is 13.6. The van der Waals surface area contributed by atoms with Gasteiger partial charge in [-0.15, -0.1) is 0 Å². The van der Waals surface area contributed by atoms with Crippen LogP contribution in [0.25, 0.3) is 11.1 Å². The monoisotopic (exact) mass is 330 g/mol. The van der Waals surface area contributed by atoms with E-state index >= 15 is 0 Å². The van der Waals surface area contributed by atoms with Crippen LogP contribution in [0.2, 0.25) is 0 Å². The first-order valence-corrected chi connectivity index (χ1v) is 8.07. The van der Waals surface area contributed by atoms with Crippen LogP contribution < -0.4 is 5.73 Å². The van der Waals surface area contributed by atoms with Crippen molar-refractivity contribution < 1.29 is 13.6 Å². The SMILES string of the molecule is NC(Cc1ccc(-c2ccccc2)cc1F)C(=O)N1CC[C@H](F)C1. The van der Waals surface area contributed by atoms with Crippen LogP contribution in [0.1, 0.15) is 12.0 Å². The quantitative estimate of drug-likeness (QED) is 0.937. The number of halogens is 2. The highest BCUT2D eigenvalue weighted by molar-refractivity contribution is 5.82. The van der Waals surface area contributed by atoms with Crippen LogP contribution in [0.5, 0.6) is 0 Å². The Kier molecular flexibility index (Phi) is 4.90. The molecule has 0 aliphatic carbocycles. The van der Waals surface area contributed by atoms with Gasteiger partial charge in [-0.3, -0.25) is 4.79 Å². The van der Waals surface area contributed by atoms with Crippen molar-refractivity contribution in [2.45, 2.75) is 25.1 Å². The first-order chi connectivity index (χ1) is 11.5. The maximum atomic E-state index is 14.4. The van der Waals surface area contributed by atoms with Crippen molar-refractivity contribution in [3.8, 4) is 11.1 Å². The molecular weight excluding hydrogens is 310 g/mol. The maximum absolute atomic E-state index is 14.4. The van der Waals surface area contributed by atoms with Gasteiger partial charge in [-0.1, -0.05) is 42.5 Å². The van der Waals surface area contributed by atoms with Crippen LogP contribution in [-0.2, 0) is 11.2 Å². The molecule has 0 aromatic heterocycles. The number of likely N-dealkylation sites (tertiary alicyclic amines) is 1. The minimum Gasteiger partial charge on any atom is -0.338 e. The Balaban J connectivity index is 1.70. The largest absolute Gasteiger partial charge is 0.338 e. The van der Waals surface area contributed by atoms with Crippen molar-refractivity contribution in [3.63, 3.8) is 0 Å². The predicted molar refractivity (Wildman–Crippen MR) is 89.6 cm³/mol. The molecule has 2 aromatic carbocycles. The molecule has 0 spiro atoms. The lowest BCUT2D eigenvalue weighted by Gasteiger charge is -2.20. The third-order valence-electron chi connectivity index (χ3n) is 4.36. The first kappa shape index (κ1) is 16.6.